The van der Waals surface area contributed by atoms with E-state index in [0.717, 1.165) is 17.7 Å². The molecule has 1 aliphatic rings. The van der Waals surface area contributed by atoms with Crippen LogP contribution < -0.4 is 5.73 Å². The first-order chi connectivity index (χ1) is 6.81. The first kappa shape index (κ1) is 9.87. The molecule has 1 heterocycles. The van der Waals surface area contributed by atoms with Gasteiger partial charge in [0.25, 0.3) is 0 Å². The van der Waals surface area contributed by atoms with Gasteiger partial charge in [-0.3, -0.25) is 4.79 Å². The van der Waals surface area contributed by atoms with Crippen LogP contribution in [0.5, 0.6) is 0 Å². The molecule has 1 aliphatic carbocycles. The summed E-state index contributed by atoms with van der Waals surface area (Å²) in [6, 6.07) is 2.06. The molecule has 0 saturated heterocycles. The molecule has 0 unspecified atom stereocenters. The fourth-order valence-corrected chi connectivity index (χ4v) is 3.11. The van der Waals surface area contributed by atoms with E-state index in [9.17, 15) is 4.79 Å². The average molecular weight is 209 g/mol. The summed E-state index contributed by atoms with van der Waals surface area (Å²) >= 11 is 1.65. The van der Waals surface area contributed by atoms with Gasteiger partial charge in [-0.2, -0.15) is 0 Å². The van der Waals surface area contributed by atoms with E-state index in [1.54, 1.807) is 11.3 Å². The third-order valence-electron chi connectivity index (χ3n) is 2.71. The molecule has 76 valence electrons. The summed E-state index contributed by atoms with van der Waals surface area (Å²) in [7, 11) is 0. The summed E-state index contributed by atoms with van der Waals surface area (Å²) < 4.78 is 0. The standard InChI is InChI=1S/C11H15NOS/c12-7-9(13)11-6-8-4-2-1-3-5-10(8)14-11/h6H,1-5,7,12H2. The number of hydrogen-bond donors (Lipinski definition) is 1. The van der Waals surface area contributed by atoms with E-state index in [0.29, 0.717) is 0 Å². The van der Waals surface area contributed by atoms with Gasteiger partial charge in [0.05, 0.1) is 11.4 Å². The monoisotopic (exact) mass is 209 g/mol. The van der Waals surface area contributed by atoms with Crippen molar-refractivity contribution >= 4 is 17.1 Å². The molecule has 0 radical (unpaired) electrons. The van der Waals surface area contributed by atoms with Crippen LogP contribution in [0.15, 0.2) is 6.07 Å². The van der Waals surface area contributed by atoms with E-state index in [-0.39, 0.29) is 12.3 Å². The molecular formula is C11H15NOS. The SMILES string of the molecule is NCC(=O)c1cc2c(s1)CCCCC2. The lowest BCUT2D eigenvalue weighted by Crippen LogP contribution is -2.11. The molecule has 0 aliphatic heterocycles. The molecule has 2 nitrogen and oxygen atoms in total. The molecule has 0 aromatic carbocycles. The number of Topliss-reactive ketones (excluding diaryl/α,β-unsaturated/α-hetero) is 1. The molecule has 0 amide bonds. The van der Waals surface area contributed by atoms with E-state index >= 15 is 0 Å². The van der Waals surface area contributed by atoms with Gasteiger partial charge in [-0.05, 0) is 37.3 Å². The van der Waals surface area contributed by atoms with Crippen LogP contribution in [0, 0.1) is 0 Å². The molecule has 0 bridgehead atoms. The van der Waals surface area contributed by atoms with Crippen molar-refractivity contribution in [1.82, 2.24) is 0 Å². The second-order valence-electron chi connectivity index (χ2n) is 3.75. The van der Waals surface area contributed by atoms with Gasteiger partial charge in [0.15, 0.2) is 5.78 Å². The molecule has 2 rings (SSSR count). The molecule has 14 heavy (non-hydrogen) atoms. The molecule has 3 heteroatoms. The lowest BCUT2D eigenvalue weighted by Gasteiger charge is -1.92. The maximum atomic E-state index is 11.4. The quantitative estimate of drug-likeness (QED) is 0.599. The van der Waals surface area contributed by atoms with Gasteiger partial charge in [0.2, 0.25) is 0 Å². The number of nitrogens with two attached hydrogens (primary N) is 1. The van der Waals surface area contributed by atoms with Crippen molar-refractivity contribution in [2.24, 2.45) is 5.73 Å². The van der Waals surface area contributed by atoms with E-state index in [1.165, 1.54) is 29.7 Å². The number of fused-ring (bicyclic) bond motifs is 1. The van der Waals surface area contributed by atoms with Crippen LogP contribution in [0.25, 0.3) is 0 Å². The molecule has 0 spiro atoms. The minimum absolute atomic E-state index is 0.0862. The Hall–Kier alpha value is -0.670. The molecular weight excluding hydrogens is 194 g/mol. The Labute approximate surface area is 88.1 Å². The molecule has 1 aromatic heterocycles. The topological polar surface area (TPSA) is 43.1 Å². The normalized spacial score (nSPS) is 16.1. The Kier molecular flexibility index (Phi) is 2.99. The third kappa shape index (κ3) is 1.88. The summed E-state index contributed by atoms with van der Waals surface area (Å²) in [5, 5.41) is 0. The number of ketones is 1. The zero-order valence-electron chi connectivity index (χ0n) is 8.21. The molecule has 0 fully saturated rings. The van der Waals surface area contributed by atoms with Crippen LogP contribution in [-0.4, -0.2) is 12.3 Å². The highest BCUT2D eigenvalue weighted by molar-refractivity contribution is 7.14. The van der Waals surface area contributed by atoms with Gasteiger partial charge in [-0.1, -0.05) is 6.42 Å². The van der Waals surface area contributed by atoms with E-state index in [1.807, 2.05) is 0 Å². The van der Waals surface area contributed by atoms with Crippen LogP contribution in [0.4, 0.5) is 0 Å². The number of thiophene rings is 1. The zero-order valence-corrected chi connectivity index (χ0v) is 9.03. The van der Waals surface area contributed by atoms with E-state index < -0.39 is 0 Å². The minimum Gasteiger partial charge on any atom is -0.324 e. The van der Waals surface area contributed by atoms with Crippen molar-refractivity contribution in [2.75, 3.05) is 6.54 Å². The molecule has 0 atom stereocenters. The third-order valence-corrected chi connectivity index (χ3v) is 3.98. The Balaban J connectivity index is 2.26. The van der Waals surface area contributed by atoms with Crippen LogP contribution in [0.1, 0.15) is 39.4 Å². The van der Waals surface area contributed by atoms with Crippen molar-refractivity contribution < 1.29 is 4.79 Å². The van der Waals surface area contributed by atoms with Gasteiger partial charge in [0, 0.05) is 4.88 Å². The highest BCUT2D eigenvalue weighted by Crippen LogP contribution is 2.28. The lowest BCUT2D eigenvalue weighted by molar-refractivity contribution is 0.100. The molecule has 2 N–H and O–H groups in total. The fraction of sp³-hybridized carbons (Fsp3) is 0.545. The van der Waals surface area contributed by atoms with Gasteiger partial charge in [-0.15, -0.1) is 11.3 Å². The van der Waals surface area contributed by atoms with Crippen molar-refractivity contribution in [3.8, 4) is 0 Å². The van der Waals surface area contributed by atoms with Crippen molar-refractivity contribution in [1.29, 1.82) is 0 Å². The molecule has 1 aromatic rings. The fourth-order valence-electron chi connectivity index (χ4n) is 1.91. The summed E-state index contributed by atoms with van der Waals surface area (Å²) in [5.41, 5.74) is 6.74. The smallest absolute Gasteiger partial charge is 0.186 e. The first-order valence-corrected chi connectivity index (χ1v) is 5.98. The predicted octanol–water partition coefficient (Wildman–Crippen LogP) is 2.16. The van der Waals surface area contributed by atoms with Crippen LogP contribution in [-0.2, 0) is 12.8 Å². The van der Waals surface area contributed by atoms with Gasteiger partial charge < -0.3 is 5.73 Å². The van der Waals surface area contributed by atoms with Crippen LogP contribution in [0.2, 0.25) is 0 Å². The van der Waals surface area contributed by atoms with Crippen molar-refractivity contribution in [2.45, 2.75) is 32.1 Å². The predicted molar refractivity (Wildman–Crippen MR) is 59.0 cm³/mol. The van der Waals surface area contributed by atoms with Crippen molar-refractivity contribution in [3.63, 3.8) is 0 Å². The Morgan fingerprint density at radius 2 is 2.14 bits per heavy atom. The number of carbonyl (C=O) groups is 1. The van der Waals surface area contributed by atoms with Gasteiger partial charge in [-0.25, -0.2) is 0 Å². The second kappa shape index (κ2) is 4.24. The average Bonchev–Trinajstić information content (AvgIpc) is 2.49. The second-order valence-corrected chi connectivity index (χ2v) is 4.88. The van der Waals surface area contributed by atoms with Crippen molar-refractivity contribution in [3.05, 3.63) is 21.4 Å². The van der Waals surface area contributed by atoms with E-state index in [4.69, 9.17) is 5.73 Å². The maximum Gasteiger partial charge on any atom is 0.186 e. The summed E-state index contributed by atoms with van der Waals surface area (Å²) in [5.74, 6) is 0.0862. The first-order valence-electron chi connectivity index (χ1n) is 5.16. The van der Waals surface area contributed by atoms with Gasteiger partial charge in [0.1, 0.15) is 0 Å². The maximum absolute atomic E-state index is 11.4. The summed E-state index contributed by atoms with van der Waals surface area (Å²) in [4.78, 5) is 13.7. The lowest BCUT2D eigenvalue weighted by atomic mass is 10.1. The Bertz CT molecular complexity index is 320. The van der Waals surface area contributed by atoms with Gasteiger partial charge >= 0.3 is 0 Å². The highest BCUT2D eigenvalue weighted by Gasteiger charge is 2.15. The van der Waals surface area contributed by atoms with Crippen LogP contribution in [0.3, 0.4) is 0 Å². The summed E-state index contributed by atoms with van der Waals surface area (Å²) in [6.07, 6.45) is 6.15. The number of aryl methyl sites for hydroxylation is 2. The van der Waals surface area contributed by atoms with E-state index in [2.05, 4.69) is 6.07 Å². The number of carbonyl (C=O) groups excluding carboxylic acids is 1. The minimum atomic E-state index is 0.0862. The Morgan fingerprint density at radius 1 is 1.36 bits per heavy atom. The largest absolute Gasteiger partial charge is 0.324 e. The summed E-state index contributed by atoms with van der Waals surface area (Å²) in [6.45, 7) is 0.138. The number of hydrogen-bond acceptors (Lipinski definition) is 3. The highest BCUT2D eigenvalue weighted by atomic mass is 32.1. The Morgan fingerprint density at radius 3 is 2.93 bits per heavy atom. The molecule has 0 saturated carbocycles. The zero-order chi connectivity index (χ0) is 9.97. The number of rotatable bonds is 2. The van der Waals surface area contributed by atoms with Crippen LogP contribution >= 0.6 is 11.3 Å².